The minimum absolute atomic E-state index is 0.0427. The van der Waals surface area contributed by atoms with Crippen LogP contribution in [0, 0.1) is 6.57 Å². The van der Waals surface area contributed by atoms with E-state index in [1.54, 1.807) is 18.2 Å². The Balaban J connectivity index is 1.43. The van der Waals surface area contributed by atoms with Crippen molar-refractivity contribution in [3.05, 3.63) is 119 Å². The standard InChI is InChI=1S/C33H37N5O2/c1-35-28-17-14-25(15-18-28)16-19-32(39)36-23-29-20-22-38(33(40)31(37-29)13-8-21-34)24-30(26-9-4-2-5-10-26)27-11-6-3-7-12-27/h2-7,9-12,14-19,29-31,37H,8,13,20-24,34H2,(H,36,39)/t29-,31-/m0/s1. The first-order chi connectivity index (χ1) is 19.6. The maximum atomic E-state index is 13.7. The third-order valence-corrected chi connectivity index (χ3v) is 7.27. The molecule has 1 saturated heterocycles. The van der Waals surface area contributed by atoms with E-state index in [1.165, 1.54) is 17.2 Å². The number of hydrogen-bond acceptors (Lipinski definition) is 4. The maximum absolute atomic E-state index is 13.7. The second kappa shape index (κ2) is 14.8. The molecule has 1 aliphatic rings. The number of carbonyl (C=O) groups is 2. The van der Waals surface area contributed by atoms with E-state index in [9.17, 15) is 9.59 Å². The minimum Gasteiger partial charge on any atom is -0.351 e. The highest BCUT2D eigenvalue weighted by molar-refractivity contribution is 5.91. The number of nitrogens with two attached hydrogens (primary N) is 1. The Morgan fingerprint density at radius 2 is 1.70 bits per heavy atom. The quantitative estimate of drug-likeness (QED) is 0.249. The van der Waals surface area contributed by atoms with Crippen LogP contribution in [-0.2, 0) is 9.59 Å². The summed E-state index contributed by atoms with van der Waals surface area (Å²) in [6.45, 7) is 9.17. The van der Waals surface area contributed by atoms with Crippen molar-refractivity contribution in [2.24, 2.45) is 5.73 Å². The zero-order chi connectivity index (χ0) is 28.2. The van der Waals surface area contributed by atoms with Gasteiger partial charge in [-0.2, -0.15) is 0 Å². The lowest BCUT2D eigenvalue weighted by molar-refractivity contribution is -0.133. The van der Waals surface area contributed by atoms with Crippen molar-refractivity contribution in [3.63, 3.8) is 0 Å². The lowest BCUT2D eigenvalue weighted by atomic mass is 9.90. The highest BCUT2D eigenvalue weighted by atomic mass is 16.2. The fourth-order valence-electron chi connectivity index (χ4n) is 5.06. The van der Waals surface area contributed by atoms with E-state index in [1.807, 2.05) is 53.4 Å². The van der Waals surface area contributed by atoms with Crippen LogP contribution in [0.2, 0.25) is 0 Å². The van der Waals surface area contributed by atoms with Crippen LogP contribution in [0.15, 0.2) is 91.0 Å². The van der Waals surface area contributed by atoms with Crippen LogP contribution < -0.4 is 16.4 Å². The van der Waals surface area contributed by atoms with Gasteiger partial charge in [0.2, 0.25) is 11.8 Å². The van der Waals surface area contributed by atoms with E-state index < -0.39 is 0 Å². The summed E-state index contributed by atoms with van der Waals surface area (Å²) < 4.78 is 0. The fraction of sp³-hybridized carbons (Fsp3) is 0.303. The first kappa shape index (κ1) is 28.8. The van der Waals surface area contributed by atoms with Gasteiger partial charge in [0, 0.05) is 37.7 Å². The van der Waals surface area contributed by atoms with Crippen molar-refractivity contribution < 1.29 is 9.59 Å². The van der Waals surface area contributed by atoms with Gasteiger partial charge in [0.15, 0.2) is 5.69 Å². The van der Waals surface area contributed by atoms with Crippen molar-refractivity contribution in [3.8, 4) is 0 Å². The molecule has 4 N–H and O–H groups in total. The topological polar surface area (TPSA) is 91.8 Å². The molecule has 0 spiro atoms. The molecular weight excluding hydrogens is 498 g/mol. The van der Waals surface area contributed by atoms with Gasteiger partial charge in [-0.1, -0.05) is 84.9 Å². The molecule has 1 aliphatic heterocycles. The molecule has 3 aromatic rings. The Morgan fingerprint density at radius 3 is 2.30 bits per heavy atom. The van der Waals surface area contributed by atoms with E-state index in [0.717, 1.165) is 18.4 Å². The average Bonchev–Trinajstić information content (AvgIpc) is 3.15. The molecule has 0 aromatic heterocycles. The molecule has 1 fully saturated rings. The van der Waals surface area contributed by atoms with Crippen LogP contribution in [0.5, 0.6) is 0 Å². The summed E-state index contributed by atoms with van der Waals surface area (Å²) in [4.78, 5) is 31.6. The Hall–Kier alpha value is -4.25. The van der Waals surface area contributed by atoms with Crippen LogP contribution in [0.4, 0.5) is 5.69 Å². The fourth-order valence-corrected chi connectivity index (χ4v) is 5.06. The first-order valence-corrected chi connectivity index (χ1v) is 13.9. The lowest BCUT2D eigenvalue weighted by Crippen LogP contribution is -2.49. The molecule has 3 aromatic carbocycles. The Bertz CT molecular complexity index is 1260. The van der Waals surface area contributed by atoms with Crippen molar-refractivity contribution >= 4 is 23.6 Å². The summed E-state index contributed by atoms with van der Waals surface area (Å²) in [5.74, 6) is -0.0520. The summed E-state index contributed by atoms with van der Waals surface area (Å²) >= 11 is 0. The minimum atomic E-state index is -0.350. The van der Waals surface area contributed by atoms with E-state index in [-0.39, 0.29) is 29.8 Å². The zero-order valence-corrected chi connectivity index (χ0v) is 22.7. The zero-order valence-electron chi connectivity index (χ0n) is 22.7. The number of nitrogens with zero attached hydrogens (tertiary/aromatic N) is 2. The second-order valence-electron chi connectivity index (χ2n) is 10.1. The monoisotopic (exact) mass is 535 g/mol. The van der Waals surface area contributed by atoms with Crippen molar-refractivity contribution in [1.29, 1.82) is 0 Å². The van der Waals surface area contributed by atoms with Crippen LogP contribution in [-0.4, -0.2) is 55.0 Å². The predicted octanol–water partition coefficient (Wildman–Crippen LogP) is 4.50. The molecule has 2 atom stereocenters. The summed E-state index contributed by atoms with van der Waals surface area (Å²) in [7, 11) is 0. The molecule has 1 heterocycles. The number of amides is 2. The molecule has 206 valence electrons. The molecule has 4 rings (SSSR count). The van der Waals surface area contributed by atoms with Gasteiger partial charge < -0.3 is 21.3 Å². The van der Waals surface area contributed by atoms with Gasteiger partial charge >= 0.3 is 0 Å². The van der Waals surface area contributed by atoms with Crippen molar-refractivity contribution in [2.75, 3.05) is 26.2 Å². The normalized spacial score (nSPS) is 17.5. The van der Waals surface area contributed by atoms with Crippen molar-refractivity contribution in [2.45, 2.75) is 37.3 Å². The van der Waals surface area contributed by atoms with Gasteiger partial charge in [0.05, 0.1) is 12.6 Å². The van der Waals surface area contributed by atoms with E-state index in [4.69, 9.17) is 12.3 Å². The lowest BCUT2D eigenvalue weighted by Gasteiger charge is -2.29. The third kappa shape index (κ3) is 8.12. The van der Waals surface area contributed by atoms with E-state index in [0.29, 0.717) is 38.3 Å². The summed E-state index contributed by atoms with van der Waals surface area (Å²) in [5, 5.41) is 6.49. The largest absolute Gasteiger partial charge is 0.351 e. The smallest absolute Gasteiger partial charge is 0.244 e. The molecular formula is C33H37N5O2. The third-order valence-electron chi connectivity index (χ3n) is 7.27. The molecule has 7 nitrogen and oxygen atoms in total. The van der Waals surface area contributed by atoms with Gasteiger partial charge in [-0.25, -0.2) is 4.85 Å². The second-order valence-corrected chi connectivity index (χ2v) is 10.1. The maximum Gasteiger partial charge on any atom is 0.244 e. The van der Waals surface area contributed by atoms with Crippen LogP contribution in [0.25, 0.3) is 10.9 Å². The highest BCUT2D eigenvalue weighted by Crippen LogP contribution is 2.27. The van der Waals surface area contributed by atoms with Gasteiger partial charge in [-0.05, 0) is 48.6 Å². The molecule has 0 bridgehead atoms. The van der Waals surface area contributed by atoms with E-state index >= 15 is 0 Å². The molecule has 7 heteroatoms. The predicted molar refractivity (Wildman–Crippen MR) is 160 cm³/mol. The molecule has 40 heavy (non-hydrogen) atoms. The molecule has 0 saturated carbocycles. The highest BCUT2D eigenvalue weighted by Gasteiger charge is 2.32. The molecule has 2 amide bonds. The molecule has 0 unspecified atom stereocenters. The Kier molecular flexibility index (Phi) is 10.6. The number of hydrogen-bond donors (Lipinski definition) is 3. The summed E-state index contributed by atoms with van der Waals surface area (Å²) in [6, 6.07) is 27.3. The van der Waals surface area contributed by atoms with Gasteiger partial charge in [-0.15, -0.1) is 0 Å². The average molecular weight is 536 g/mol. The molecule has 0 radical (unpaired) electrons. The Labute approximate surface area is 236 Å². The van der Waals surface area contributed by atoms with Crippen LogP contribution in [0.1, 0.15) is 41.9 Å². The first-order valence-electron chi connectivity index (χ1n) is 13.9. The van der Waals surface area contributed by atoms with Gasteiger partial charge in [0.1, 0.15) is 0 Å². The van der Waals surface area contributed by atoms with E-state index in [2.05, 4.69) is 39.7 Å². The van der Waals surface area contributed by atoms with Crippen LogP contribution >= 0.6 is 0 Å². The number of benzene rings is 3. The number of rotatable bonds is 11. The van der Waals surface area contributed by atoms with Gasteiger partial charge in [0.25, 0.3) is 0 Å². The SMILES string of the molecule is [C-]#[N+]c1ccc(C=CC(=O)NC[C@@H]2CCN(CC(c3ccccc3)c3ccccc3)C(=O)[C@H](CCCN)N2)cc1. The summed E-state index contributed by atoms with van der Waals surface area (Å²) in [5.41, 5.74) is 9.57. The van der Waals surface area contributed by atoms with Crippen LogP contribution in [0.3, 0.4) is 0 Å². The van der Waals surface area contributed by atoms with Gasteiger partial charge in [-0.3, -0.25) is 9.59 Å². The van der Waals surface area contributed by atoms with Crippen molar-refractivity contribution in [1.82, 2.24) is 15.5 Å². The Morgan fingerprint density at radius 1 is 1.05 bits per heavy atom. The molecule has 0 aliphatic carbocycles. The number of carbonyl (C=O) groups excluding carboxylic acids is 2. The number of nitrogens with one attached hydrogen (secondary N) is 2. The summed E-state index contributed by atoms with van der Waals surface area (Å²) in [6.07, 6.45) is 5.34.